The molecule has 0 aliphatic heterocycles. The summed E-state index contributed by atoms with van der Waals surface area (Å²) in [5, 5.41) is 7.64. The first-order chi connectivity index (χ1) is 11.3. The van der Waals surface area contributed by atoms with Gasteiger partial charge >= 0.3 is 5.69 Å². The van der Waals surface area contributed by atoms with E-state index in [0.29, 0.717) is 13.0 Å². The molecule has 0 saturated heterocycles. The van der Waals surface area contributed by atoms with E-state index in [0.717, 1.165) is 16.2 Å². The van der Waals surface area contributed by atoms with E-state index in [1.165, 1.54) is 18.3 Å². The number of rotatable bonds is 6. The van der Waals surface area contributed by atoms with Crippen molar-refractivity contribution in [1.82, 2.24) is 14.9 Å². The maximum Gasteiger partial charge on any atom is 0.328 e. The van der Waals surface area contributed by atoms with Crippen LogP contribution in [0.4, 0.5) is 0 Å². The number of primary sulfonamides is 1. The van der Waals surface area contributed by atoms with Crippen LogP contribution in [0.5, 0.6) is 0 Å². The number of nitrogens with one attached hydrogen (secondary N) is 2. The van der Waals surface area contributed by atoms with E-state index in [9.17, 15) is 22.8 Å². The molecule has 2 aromatic rings. The first kappa shape index (κ1) is 17.6. The molecule has 2 rings (SSSR count). The Hall–Kier alpha value is -2.72. The highest BCUT2D eigenvalue weighted by atomic mass is 32.2. The fraction of sp³-hybridized carbons (Fsp3) is 0.214. The highest BCUT2D eigenvalue weighted by molar-refractivity contribution is 7.89. The Morgan fingerprint density at radius 1 is 1.17 bits per heavy atom. The number of benzene rings is 1. The molecule has 0 radical (unpaired) electrons. The molecule has 1 heterocycles. The van der Waals surface area contributed by atoms with Crippen molar-refractivity contribution >= 4 is 15.9 Å². The van der Waals surface area contributed by atoms with Crippen LogP contribution in [-0.2, 0) is 27.8 Å². The normalized spacial score (nSPS) is 11.2. The fourth-order valence-corrected chi connectivity index (χ4v) is 2.49. The Morgan fingerprint density at radius 2 is 1.83 bits per heavy atom. The lowest BCUT2D eigenvalue weighted by molar-refractivity contribution is -0.121. The number of carbonyl (C=O) groups is 1. The second kappa shape index (κ2) is 7.23. The molecule has 4 N–H and O–H groups in total. The van der Waals surface area contributed by atoms with Crippen molar-refractivity contribution in [2.45, 2.75) is 17.9 Å². The van der Waals surface area contributed by atoms with Crippen molar-refractivity contribution < 1.29 is 13.2 Å². The van der Waals surface area contributed by atoms with Gasteiger partial charge in [-0.2, -0.15) is 0 Å². The predicted molar refractivity (Wildman–Crippen MR) is 85.9 cm³/mol. The number of carbonyl (C=O) groups excluding carboxylic acids is 1. The van der Waals surface area contributed by atoms with Gasteiger partial charge in [-0.25, -0.2) is 18.4 Å². The SMILES string of the molecule is NS(=O)(=O)c1ccc(CCNC(=O)Cn2ccc(=O)[nH]c2=O)cc1. The Kier molecular flexibility index (Phi) is 5.31. The van der Waals surface area contributed by atoms with Gasteiger partial charge in [0.2, 0.25) is 15.9 Å². The van der Waals surface area contributed by atoms with Crippen LogP contribution in [-0.4, -0.2) is 30.4 Å². The van der Waals surface area contributed by atoms with Crippen molar-refractivity contribution in [2.75, 3.05) is 6.54 Å². The molecule has 0 bridgehead atoms. The number of nitrogens with zero attached hydrogens (tertiary/aromatic N) is 1. The van der Waals surface area contributed by atoms with Crippen LogP contribution in [0.15, 0.2) is 51.0 Å². The van der Waals surface area contributed by atoms with E-state index < -0.39 is 21.3 Å². The van der Waals surface area contributed by atoms with Gasteiger partial charge in [0.15, 0.2) is 0 Å². The lowest BCUT2D eigenvalue weighted by Crippen LogP contribution is -2.36. The van der Waals surface area contributed by atoms with Gasteiger partial charge in [0.25, 0.3) is 5.56 Å². The Balaban J connectivity index is 1.86. The minimum absolute atomic E-state index is 0.0210. The number of aromatic amines is 1. The molecule has 10 heteroatoms. The molecule has 1 aromatic carbocycles. The maximum atomic E-state index is 11.8. The van der Waals surface area contributed by atoms with Crippen LogP contribution in [0.1, 0.15) is 5.56 Å². The standard InChI is InChI=1S/C14H16N4O5S/c15-24(22,23)11-3-1-10(2-4-11)5-7-16-13(20)9-18-8-6-12(19)17-14(18)21/h1-4,6,8H,5,7,9H2,(H,16,20)(H2,15,22,23)(H,17,19,21). The monoisotopic (exact) mass is 352 g/mol. The number of hydrogen-bond acceptors (Lipinski definition) is 5. The molecular formula is C14H16N4O5S. The minimum Gasteiger partial charge on any atom is -0.354 e. The maximum absolute atomic E-state index is 11.8. The zero-order valence-corrected chi connectivity index (χ0v) is 13.4. The summed E-state index contributed by atoms with van der Waals surface area (Å²) < 4.78 is 23.4. The van der Waals surface area contributed by atoms with Gasteiger partial charge in [-0.1, -0.05) is 12.1 Å². The number of sulfonamides is 1. The molecule has 9 nitrogen and oxygen atoms in total. The summed E-state index contributed by atoms with van der Waals surface area (Å²) in [6.45, 7) is 0.103. The summed E-state index contributed by atoms with van der Waals surface area (Å²) in [6, 6.07) is 7.16. The molecule has 0 atom stereocenters. The van der Waals surface area contributed by atoms with Gasteiger partial charge in [0.05, 0.1) is 4.90 Å². The smallest absolute Gasteiger partial charge is 0.328 e. The van der Waals surface area contributed by atoms with Gasteiger partial charge < -0.3 is 5.32 Å². The summed E-state index contributed by atoms with van der Waals surface area (Å²) in [7, 11) is -3.72. The highest BCUT2D eigenvalue weighted by Crippen LogP contribution is 2.08. The van der Waals surface area contributed by atoms with Gasteiger partial charge in [0.1, 0.15) is 6.54 Å². The van der Waals surface area contributed by atoms with Crippen LogP contribution in [0.25, 0.3) is 0 Å². The summed E-state index contributed by atoms with van der Waals surface area (Å²) >= 11 is 0. The van der Waals surface area contributed by atoms with Crippen LogP contribution in [0.2, 0.25) is 0 Å². The molecule has 0 aliphatic carbocycles. The van der Waals surface area contributed by atoms with Crippen molar-refractivity contribution in [1.29, 1.82) is 0 Å². The van der Waals surface area contributed by atoms with Crippen LogP contribution in [0.3, 0.4) is 0 Å². The fourth-order valence-electron chi connectivity index (χ4n) is 1.97. The quantitative estimate of drug-likeness (QED) is 0.582. The zero-order chi connectivity index (χ0) is 17.7. The Morgan fingerprint density at radius 3 is 2.42 bits per heavy atom. The summed E-state index contributed by atoms with van der Waals surface area (Å²) in [4.78, 5) is 36.2. The first-order valence-electron chi connectivity index (χ1n) is 6.94. The van der Waals surface area contributed by atoms with Crippen molar-refractivity contribution in [3.63, 3.8) is 0 Å². The number of nitrogens with two attached hydrogens (primary N) is 1. The number of amides is 1. The molecule has 0 aliphatic rings. The number of H-pyrrole nitrogens is 1. The van der Waals surface area contributed by atoms with Crippen molar-refractivity contribution in [3.05, 3.63) is 62.9 Å². The van der Waals surface area contributed by atoms with Gasteiger partial charge in [-0.3, -0.25) is 19.1 Å². The third-order valence-electron chi connectivity index (χ3n) is 3.20. The Labute approximate surface area is 137 Å². The number of aromatic nitrogens is 2. The topological polar surface area (TPSA) is 144 Å². The highest BCUT2D eigenvalue weighted by Gasteiger charge is 2.07. The third kappa shape index (κ3) is 4.89. The molecule has 0 fully saturated rings. The lowest BCUT2D eigenvalue weighted by Gasteiger charge is -2.07. The van der Waals surface area contributed by atoms with Crippen LogP contribution < -0.4 is 21.7 Å². The van der Waals surface area contributed by atoms with Crippen molar-refractivity contribution in [2.24, 2.45) is 5.14 Å². The Bertz CT molecular complexity index is 944. The average Bonchev–Trinajstić information content (AvgIpc) is 2.50. The van der Waals surface area contributed by atoms with Crippen LogP contribution in [0, 0.1) is 0 Å². The van der Waals surface area contributed by atoms with E-state index in [2.05, 4.69) is 10.3 Å². The first-order valence-corrected chi connectivity index (χ1v) is 8.48. The minimum atomic E-state index is -3.72. The second-order valence-electron chi connectivity index (χ2n) is 5.03. The molecule has 0 unspecified atom stereocenters. The van der Waals surface area contributed by atoms with Crippen LogP contribution >= 0.6 is 0 Å². The zero-order valence-electron chi connectivity index (χ0n) is 12.6. The molecule has 24 heavy (non-hydrogen) atoms. The van der Waals surface area contributed by atoms with E-state index in [-0.39, 0.29) is 17.3 Å². The molecule has 1 amide bonds. The lowest BCUT2D eigenvalue weighted by atomic mass is 10.1. The van der Waals surface area contributed by atoms with E-state index >= 15 is 0 Å². The van der Waals surface area contributed by atoms with Gasteiger partial charge in [-0.05, 0) is 24.1 Å². The second-order valence-corrected chi connectivity index (χ2v) is 6.59. The summed E-state index contributed by atoms with van der Waals surface area (Å²) in [5.41, 5.74) is -0.361. The summed E-state index contributed by atoms with van der Waals surface area (Å²) in [6.07, 6.45) is 1.73. The largest absolute Gasteiger partial charge is 0.354 e. The molecule has 0 saturated carbocycles. The molecule has 1 aromatic heterocycles. The van der Waals surface area contributed by atoms with Gasteiger partial charge in [0, 0.05) is 18.8 Å². The molecule has 0 spiro atoms. The van der Waals surface area contributed by atoms with E-state index in [1.807, 2.05) is 0 Å². The van der Waals surface area contributed by atoms with Gasteiger partial charge in [-0.15, -0.1) is 0 Å². The average molecular weight is 352 g/mol. The molecule has 128 valence electrons. The molecular weight excluding hydrogens is 336 g/mol. The number of hydrogen-bond donors (Lipinski definition) is 3. The summed E-state index contributed by atoms with van der Waals surface area (Å²) in [5.74, 6) is -0.384. The van der Waals surface area contributed by atoms with Crippen molar-refractivity contribution in [3.8, 4) is 0 Å². The predicted octanol–water partition coefficient (Wildman–Crippen LogP) is -1.46. The van der Waals surface area contributed by atoms with E-state index in [1.54, 1.807) is 12.1 Å². The van der Waals surface area contributed by atoms with E-state index in [4.69, 9.17) is 5.14 Å². The third-order valence-corrected chi connectivity index (χ3v) is 4.13.